The molecule has 96 valence electrons. The third kappa shape index (κ3) is 5.55. The molecule has 0 saturated heterocycles. The van der Waals surface area contributed by atoms with Crippen LogP contribution in [0.3, 0.4) is 0 Å². The molecular formula is C10H13ClN6S. The first-order chi connectivity index (χ1) is 8.61. The van der Waals surface area contributed by atoms with Crippen molar-refractivity contribution in [2.75, 3.05) is 12.5 Å². The van der Waals surface area contributed by atoms with Crippen molar-refractivity contribution in [2.45, 2.75) is 6.92 Å². The molecule has 6 nitrogen and oxygen atoms in total. The number of nitrogens with one attached hydrogen (secondary N) is 3. The van der Waals surface area contributed by atoms with Gasteiger partial charge >= 0.3 is 0 Å². The van der Waals surface area contributed by atoms with Crippen LogP contribution < -0.4 is 16.2 Å². The van der Waals surface area contributed by atoms with Crippen LogP contribution in [0.25, 0.3) is 0 Å². The lowest BCUT2D eigenvalue weighted by Gasteiger charge is -2.01. The summed E-state index contributed by atoms with van der Waals surface area (Å²) in [5, 5.41) is 11.7. The van der Waals surface area contributed by atoms with Gasteiger partial charge < -0.3 is 5.32 Å². The summed E-state index contributed by atoms with van der Waals surface area (Å²) in [4.78, 5) is 4.02. The van der Waals surface area contributed by atoms with E-state index in [1.807, 2.05) is 0 Å². The van der Waals surface area contributed by atoms with Crippen molar-refractivity contribution in [3.8, 4) is 0 Å². The molecule has 0 aliphatic rings. The normalized spacial score (nSPS) is 11.4. The Morgan fingerprint density at radius 2 is 2.28 bits per heavy atom. The SMILES string of the molecule is CNC(=S)NN=C(C)C=NNc1ccc(Cl)cn1. The van der Waals surface area contributed by atoms with Gasteiger partial charge in [0.15, 0.2) is 5.11 Å². The Hall–Kier alpha value is -1.73. The van der Waals surface area contributed by atoms with Gasteiger partial charge in [-0.1, -0.05) is 11.6 Å². The minimum atomic E-state index is 0.440. The Balaban J connectivity index is 2.44. The number of pyridine rings is 1. The first-order valence-electron chi connectivity index (χ1n) is 5.04. The molecule has 1 rings (SSSR count). The van der Waals surface area contributed by atoms with Gasteiger partial charge in [-0.25, -0.2) is 4.98 Å². The molecule has 0 atom stereocenters. The average Bonchev–Trinajstić information content (AvgIpc) is 2.38. The zero-order chi connectivity index (χ0) is 13.4. The molecule has 0 spiro atoms. The Morgan fingerprint density at radius 3 is 2.89 bits per heavy atom. The maximum Gasteiger partial charge on any atom is 0.186 e. The van der Waals surface area contributed by atoms with Crippen LogP contribution in [-0.4, -0.2) is 29.1 Å². The van der Waals surface area contributed by atoms with Crippen LogP contribution in [0.2, 0.25) is 5.02 Å². The second-order valence-electron chi connectivity index (χ2n) is 3.18. The van der Waals surface area contributed by atoms with Gasteiger partial charge in [0.25, 0.3) is 0 Å². The van der Waals surface area contributed by atoms with E-state index in [0.717, 1.165) is 0 Å². The van der Waals surface area contributed by atoms with Crippen LogP contribution in [0.4, 0.5) is 5.82 Å². The largest absolute Gasteiger partial charge is 0.364 e. The molecule has 0 aliphatic carbocycles. The van der Waals surface area contributed by atoms with E-state index in [4.69, 9.17) is 23.8 Å². The van der Waals surface area contributed by atoms with E-state index in [9.17, 15) is 0 Å². The van der Waals surface area contributed by atoms with Crippen molar-refractivity contribution in [1.82, 2.24) is 15.7 Å². The first kappa shape index (κ1) is 14.3. The molecule has 8 heteroatoms. The van der Waals surface area contributed by atoms with Crippen LogP contribution in [-0.2, 0) is 0 Å². The summed E-state index contributed by atoms with van der Waals surface area (Å²) < 4.78 is 0. The second kappa shape index (κ2) is 7.57. The number of aromatic nitrogens is 1. The summed E-state index contributed by atoms with van der Waals surface area (Å²) in [5.41, 5.74) is 6.05. The Bertz CT molecular complexity index is 456. The second-order valence-corrected chi connectivity index (χ2v) is 4.02. The predicted octanol–water partition coefficient (Wildman–Crippen LogP) is 1.60. The number of nitrogens with zero attached hydrogens (tertiary/aromatic N) is 3. The number of thiocarbonyl (C=S) groups is 1. The fraction of sp³-hybridized carbons (Fsp3) is 0.200. The number of hydrogen-bond donors (Lipinski definition) is 3. The molecule has 0 saturated carbocycles. The highest BCUT2D eigenvalue weighted by Crippen LogP contribution is 2.08. The molecule has 0 aromatic carbocycles. The maximum atomic E-state index is 5.71. The van der Waals surface area contributed by atoms with Gasteiger partial charge in [-0.15, -0.1) is 0 Å². The fourth-order valence-electron chi connectivity index (χ4n) is 0.857. The molecule has 0 aliphatic heterocycles. The molecule has 18 heavy (non-hydrogen) atoms. The lowest BCUT2D eigenvalue weighted by molar-refractivity contribution is 0.977. The predicted molar refractivity (Wildman–Crippen MR) is 79.3 cm³/mol. The zero-order valence-electron chi connectivity index (χ0n) is 9.94. The van der Waals surface area contributed by atoms with Gasteiger partial charge in [-0.2, -0.15) is 10.2 Å². The average molecular weight is 285 g/mol. The molecule has 0 unspecified atom stereocenters. The first-order valence-corrected chi connectivity index (χ1v) is 5.83. The van der Waals surface area contributed by atoms with E-state index in [1.165, 1.54) is 6.20 Å². The highest BCUT2D eigenvalue weighted by molar-refractivity contribution is 7.80. The lowest BCUT2D eigenvalue weighted by Crippen LogP contribution is -2.29. The summed E-state index contributed by atoms with van der Waals surface area (Å²) in [6, 6.07) is 3.45. The summed E-state index contributed by atoms with van der Waals surface area (Å²) >= 11 is 10.6. The van der Waals surface area contributed by atoms with Gasteiger partial charge in [0, 0.05) is 13.2 Å². The van der Waals surface area contributed by atoms with E-state index < -0.39 is 0 Å². The van der Waals surface area contributed by atoms with Crippen LogP contribution >= 0.6 is 23.8 Å². The van der Waals surface area contributed by atoms with Gasteiger partial charge in [-0.05, 0) is 31.3 Å². The summed E-state index contributed by atoms with van der Waals surface area (Å²) in [7, 11) is 1.71. The van der Waals surface area contributed by atoms with E-state index in [0.29, 0.717) is 21.7 Å². The van der Waals surface area contributed by atoms with Crippen molar-refractivity contribution in [3.63, 3.8) is 0 Å². The van der Waals surface area contributed by atoms with E-state index in [-0.39, 0.29) is 0 Å². The number of anilines is 1. The smallest absolute Gasteiger partial charge is 0.186 e. The quantitative estimate of drug-likeness (QED) is 0.445. The summed E-state index contributed by atoms with van der Waals surface area (Å²) in [6.07, 6.45) is 3.08. The molecule has 1 heterocycles. The third-order valence-electron chi connectivity index (χ3n) is 1.72. The molecular weight excluding hydrogens is 272 g/mol. The minimum Gasteiger partial charge on any atom is -0.364 e. The highest BCUT2D eigenvalue weighted by Gasteiger charge is 1.91. The van der Waals surface area contributed by atoms with Crippen molar-refractivity contribution in [3.05, 3.63) is 23.4 Å². The van der Waals surface area contributed by atoms with E-state index >= 15 is 0 Å². The molecule has 3 N–H and O–H groups in total. The standard InChI is InChI=1S/C10H13ClN6S/c1-7(15-17-10(18)12-2)5-14-16-9-4-3-8(11)6-13-9/h3-6H,1-2H3,(H,13,16)(H2,12,17,18). The topological polar surface area (TPSA) is 73.7 Å². The summed E-state index contributed by atoms with van der Waals surface area (Å²) in [5.74, 6) is 0.599. The molecule has 0 radical (unpaired) electrons. The molecule has 0 amide bonds. The Labute approximate surface area is 116 Å². The van der Waals surface area contributed by atoms with Crippen molar-refractivity contribution >= 4 is 46.7 Å². The van der Waals surface area contributed by atoms with Crippen molar-refractivity contribution in [2.24, 2.45) is 10.2 Å². The number of rotatable bonds is 4. The highest BCUT2D eigenvalue weighted by atomic mass is 35.5. The fourth-order valence-corrected chi connectivity index (χ4v) is 1.01. The summed E-state index contributed by atoms with van der Waals surface area (Å²) in [6.45, 7) is 1.78. The third-order valence-corrected chi connectivity index (χ3v) is 2.24. The van der Waals surface area contributed by atoms with Crippen molar-refractivity contribution in [1.29, 1.82) is 0 Å². The number of halogens is 1. The monoisotopic (exact) mass is 284 g/mol. The van der Waals surface area contributed by atoms with Crippen molar-refractivity contribution < 1.29 is 0 Å². The zero-order valence-corrected chi connectivity index (χ0v) is 11.5. The molecule has 1 aromatic rings. The lowest BCUT2D eigenvalue weighted by atomic mass is 10.5. The molecule has 1 aromatic heterocycles. The van der Waals surface area contributed by atoms with Crippen LogP contribution in [0.15, 0.2) is 28.5 Å². The molecule has 0 bridgehead atoms. The van der Waals surface area contributed by atoms with Gasteiger partial charge in [-0.3, -0.25) is 10.9 Å². The molecule has 0 fully saturated rings. The van der Waals surface area contributed by atoms with Gasteiger partial charge in [0.05, 0.1) is 16.9 Å². The number of hydrogen-bond acceptors (Lipinski definition) is 5. The Morgan fingerprint density at radius 1 is 1.50 bits per heavy atom. The van der Waals surface area contributed by atoms with E-state index in [2.05, 4.69) is 31.4 Å². The van der Waals surface area contributed by atoms with Gasteiger partial charge in [0.2, 0.25) is 0 Å². The van der Waals surface area contributed by atoms with E-state index in [1.54, 1.807) is 32.3 Å². The van der Waals surface area contributed by atoms with Gasteiger partial charge in [0.1, 0.15) is 5.82 Å². The number of hydrazone groups is 2. The minimum absolute atomic E-state index is 0.440. The Kier molecular flexibility index (Phi) is 6.03. The van der Waals surface area contributed by atoms with Crippen LogP contribution in [0.5, 0.6) is 0 Å². The van der Waals surface area contributed by atoms with Crippen LogP contribution in [0, 0.1) is 0 Å². The maximum absolute atomic E-state index is 5.71. The van der Waals surface area contributed by atoms with Crippen LogP contribution in [0.1, 0.15) is 6.92 Å².